The molecule has 1 N–H and O–H groups in total. The number of amides is 1. The molecule has 0 heterocycles. The van der Waals surface area contributed by atoms with Crippen molar-refractivity contribution in [1.82, 2.24) is 0 Å². The summed E-state index contributed by atoms with van der Waals surface area (Å²) < 4.78 is 0. The second-order valence-electron chi connectivity index (χ2n) is 5.14. The minimum atomic E-state index is 0.0305. The third-order valence-corrected chi connectivity index (χ3v) is 3.67. The van der Waals surface area contributed by atoms with Crippen LogP contribution in [0.15, 0.2) is 42.5 Å². The van der Waals surface area contributed by atoms with Crippen LogP contribution in [0.4, 0.5) is 5.69 Å². The fraction of sp³-hybridized carbons (Fsp3) is 0.278. The first-order valence-corrected chi connectivity index (χ1v) is 7.04. The molecule has 0 aliphatic carbocycles. The van der Waals surface area contributed by atoms with Gasteiger partial charge in [0.1, 0.15) is 0 Å². The van der Waals surface area contributed by atoms with Crippen LogP contribution >= 0.6 is 0 Å². The van der Waals surface area contributed by atoms with Crippen molar-refractivity contribution in [3.63, 3.8) is 0 Å². The molecule has 0 bridgehead atoms. The van der Waals surface area contributed by atoms with E-state index in [0.29, 0.717) is 6.42 Å². The molecular formula is C18H21NO. The first-order chi connectivity index (χ1) is 9.60. The van der Waals surface area contributed by atoms with Crippen molar-refractivity contribution >= 4 is 11.6 Å². The quantitative estimate of drug-likeness (QED) is 0.889. The van der Waals surface area contributed by atoms with Crippen molar-refractivity contribution < 1.29 is 4.79 Å². The Morgan fingerprint density at radius 1 is 1.00 bits per heavy atom. The summed E-state index contributed by atoms with van der Waals surface area (Å²) in [5.41, 5.74) is 5.56. The minimum Gasteiger partial charge on any atom is -0.326 e. The molecule has 0 aliphatic heterocycles. The maximum Gasteiger partial charge on any atom is 0.228 e. The second kappa shape index (κ2) is 6.38. The van der Waals surface area contributed by atoms with E-state index in [1.807, 2.05) is 31.2 Å². The van der Waals surface area contributed by atoms with Gasteiger partial charge in [-0.15, -0.1) is 0 Å². The highest BCUT2D eigenvalue weighted by Crippen LogP contribution is 2.18. The molecule has 2 rings (SSSR count). The summed E-state index contributed by atoms with van der Waals surface area (Å²) in [6.45, 7) is 6.21. The monoisotopic (exact) mass is 267 g/mol. The summed E-state index contributed by atoms with van der Waals surface area (Å²) in [6, 6.07) is 14.2. The van der Waals surface area contributed by atoms with E-state index in [9.17, 15) is 4.79 Å². The van der Waals surface area contributed by atoms with Crippen LogP contribution in [-0.4, -0.2) is 5.91 Å². The molecule has 0 spiro atoms. The van der Waals surface area contributed by atoms with Crippen LogP contribution in [0.3, 0.4) is 0 Å². The zero-order valence-electron chi connectivity index (χ0n) is 12.4. The molecule has 0 unspecified atom stereocenters. The molecule has 0 aliphatic rings. The van der Waals surface area contributed by atoms with Crippen LogP contribution in [0.5, 0.6) is 0 Å². The predicted octanol–water partition coefficient (Wildman–Crippen LogP) is 4.05. The minimum absolute atomic E-state index is 0.0305. The second-order valence-corrected chi connectivity index (χ2v) is 5.14. The van der Waals surface area contributed by atoms with E-state index in [4.69, 9.17) is 0 Å². The number of benzene rings is 2. The summed E-state index contributed by atoms with van der Waals surface area (Å²) in [5.74, 6) is 0.0305. The van der Waals surface area contributed by atoms with Gasteiger partial charge in [-0.2, -0.15) is 0 Å². The molecule has 0 fully saturated rings. The number of aryl methyl sites for hydroxylation is 2. The van der Waals surface area contributed by atoms with Crippen LogP contribution < -0.4 is 5.32 Å². The SMILES string of the molecule is CCc1ccc(CC(=O)Nc2cccc(C)c2C)cc1. The zero-order valence-corrected chi connectivity index (χ0v) is 12.4. The summed E-state index contributed by atoms with van der Waals surface area (Å²) >= 11 is 0. The van der Waals surface area contributed by atoms with Crippen molar-refractivity contribution in [2.24, 2.45) is 0 Å². The molecule has 2 heteroatoms. The average Bonchev–Trinajstić information content (AvgIpc) is 2.45. The van der Waals surface area contributed by atoms with E-state index < -0.39 is 0 Å². The predicted molar refractivity (Wildman–Crippen MR) is 84.1 cm³/mol. The number of rotatable bonds is 4. The number of nitrogens with one attached hydrogen (secondary N) is 1. The number of hydrogen-bond donors (Lipinski definition) is 1. The Morgan fingerprint density at radius 2 is 1.65 bits per heavy atom. The Balaban J connectivity index is 2.03. The molecule has 1 amide bonds. The van der Waals surface area contributed by atoms with E-state index in [-0.39, 0.29) is 5.91 Å². The molecule has 2 aromatic carbocycles. The Hall–Kier alpha value is -2.09. The van der Waals surface area contributed by atoms with E-state index in [2.05, 4.69) is 37.4 Å². The molecule has 20 heavy (non-hydrogen) atoms. The van der Waals surface area contributed by atoms with Gasteiger partial charge in [0.2, 0.25) is 5.91 Å². The molecule has 2 nitrogen and oxygen atoms in total. The Bertz CT molecular complexity index is 599. The Kier molecular flexibility index (Phi) is 4.57. The van der Waals surface area contributed by atoms with Gasteiger partial charge in [0.15, 0.2) is 0 Å². The molecular weight excluding hydrogens is 246 g/mol. The molecule has 0 atom stereocenters. The lowest BCUT2D eigenvalue weighted by molar-refractivity contribution is -0.115. The lowest BCUT2D eigenvalue weighted by Gasteiger charge is -2.10. The maximum absolute atomic E-state index is 12.1. The average molecular weight is 267 g/mol. The number of carbonyl (C=O) groups excluding carboxylic acids is 1. The van der Waals surface area contributed by atoms with Crippen molar-refractivity contribution in [1.29, 1.82) is 0 Å². The van der Waals surface area contributed by atoms with Gasteiger partial charge in [0, 0.05) is 5.69 Å². The van der Waals surface area contributed by atoms with Crippen LogP contribution in [0, 0.1) is 13.8 Å². The van der Waals surface area contributed by atoms with Gasteiger partial charge in [0.05, 0.1) is 6.42 Å². The Morgan fingerprint density at radius 3 is 2.30 bits per heavy atom. The molecule has 0 saturated heterocycles. The topological polar surface area (TPSA) is 29.1 Å². The van der Waals surface area contributed by atoms with E-state index >= 15 is 0 Å². The van der Waals surface area contributed by atoms with Crippen molar-refractivity contribution in [3.8, 4) is 0 Å². The van der Waals surface area contributed by atoms with Crippen LogP contribution in [0.25, 0.3) is 0 Å². The van der Waals surface area contributed by atoms with E-state index in [1.165, 1.54) is 11.1 Å². The lowest BCUT2D eigenvalue weighted by Crippen LogP contribution is -2.15. The normalized spacial score (nSPS) is 10.3. The van der Waals surface area contributed by atoms with Gasteiger partial charge in [-0.1, -0.05) is 43.3 Å². The van der Waals surface area contributed by atoms with Crippen LogP contribution in [0.1, 0.15) is 29.2 Å². The van der Waals surface area contributed by atoms with Crippen molar-refractivity contribution in [2.45, 2.75) is 33.6 Å². The van der Waals surface area contributed by atoms with Gasteiger partial charge < -0.3 is 5.32 Å². The number of anilines is 1. The van der Waals surface area contributed by atoms with Gasteiger partial charge >= 0.3 is 0 Å². The maximum atomic E-state index is 12.1. The summed E-state index contributed by atoms with van der Waals surface area (Å²) in [5, 5.41) is 2.99. The van der Waals surface area contributed by atoms with E-state index in [1.54, 1.807) is 0 Å². The fourth-order valence-corrected chi connectivity index (χ4v) is 2.16. The molecule has 0 aromatic heterocycles. The van der Waals surface area contributed by atoms with Gasteiger partial charge in [-0.3, -0.25) is 4.79 Å². The molecule has 104 valence electrons. The van der Waals surface area contributed by atoms with Gasteiger partial charge in [0.25, 0.3) is 0 Å². The zero-order chi connectivity index (χ0) is 14.5. The molecule has 0 radical (unpaired) electrons. The van der Waals surface area contributed by atoms with Crippen LogP contribution in [-0.2, 0) is 17.6 Å². The largest absolute Gasteiger partial charge is 0.326 e. The summed E-state index contributed by atoms with van der Waals surface area (Å²) in [7, 11) is 0. The van der Waals surface area contributed by atoms with E-state index in [0.717, 1.165) is 23.2 Å². The first-order valence-electron chi connectivity index (χ1n) is 7.04. The smallest absolute Gasteiger partial charge is 0.228 e. The van der Waals surface area contributed by atoms with Gasteiger partial charge in [-0.25, -0.2) is 0 Å². The number of hydrogen-bond acceptors (Lipinski definition) is 1. The molecule has 0 saturated carbocycles. The van der Waals surface area contributed by atoms with Crippen LogP contribution in [0.2, 0.25) is 0 Å². The Labute approximate surface area is 120 Å². The lowest BCUT2D eigenvalue weighted by atomic mass is 10.1. The van der Waals surface area contributed by atoms with Crippen molar-refractivity contribution in [2.75, 3.05) is 5.32 Å². The highest BCUT2D eigenvalue weighted by atomic mass is 16.1. The fourth-order valence-electron chi connectivity index (χ4n) is 2.16. The number of carbonyl (C=O) groups is 1. The highest BCUT2D eigenvalue weighted by molar-refractivity contribution is 5.93. The first kappa shape index (κ1) is 14.3. The third kappa shape index (κ3) is 3.47. The van der Waals surface area contributed by atoms with Crippen molar-refractivity contribution in [3.05, 3.63) is 64.7 Å². The molecule has 2 aromatic rings. The standard InChI is InChI=1S/C18H21NO/c1-4-15-8-10-16(11-9-15)12-18(20)19-17-7-5-6-13(2)14(17)3/h5-11H,4,12H2,1-3H3,(H,19,20). The highest BCUT2D eigenvalue weighted by Gasteiger charge is 2.07. The summed E-state index contributed by atoms with van der Waals surface area (Å²) in [6.07, 6.45) is 1.44. The third-order valence-electron chi connectivity index (χ3n) is 3.67. The van der Waals surface area contributed by atoms with Gasteiger partial charge in [-0.05, 0) is 48.6 Å². The summed E-state index contributed by atoms with van der Waals surface area (Å²) in [4.78, 5) is 12.1.